The normalized spacial score (nSPS) is 10.9. The average Bonchev–Trinajstić information content (AvgIpc) is 3.61. The van der Waals surface area contributed by atoms with Crippen molar-refractivity contribution in [3.8, 4) is 22.5 Å². The molecule has 2 aromatic heterocycles. The number of amides is 1. The number of hydrogen-bond acceptors (Lipinski definition) is 7. The van der Waals surface area contributed by atoms with E-state index in [-0.39, 0.29) is 12.5 Å². The zero-order valence-electron chi connectivity index (χ0n) is 24.3. The van der Waals surface area contributed by atoms with Gasteiger partial charge in [-0.15, -0.1) is 10.2 Å². The largest absolute Gasteiger partial charge is 0.461 e. The van der Waals surface area contributed by atoms with E-state index >= 15 is 0 Å². The number of aromatic amines is 1. The van der Waals surface area contributed by atoms with Crippen LogP contribution in [-0.4, -0.2) is 55.2 Å². The van der Waals surface area contributed by atoms with Gasteiger partial charge in [-0.1, -0.05) is 67.4 Å². The number of aromatic nitrogens is 6. The van der Waals surface area contributed by atoms with Gasteiger partial charge >= 0.3 is 5.97 Å². The number of benzene rings is 2. The van der Waals surface area contributed by atoms with Crippen LogP contribution < -0.4 is 4.90 Å². The number of carbonyl (C=O) groups is 2. The van der Waals surface area contributed by atoms with E-state index in [9.17, 15) is 9.59 Å². The third kappa shape index (κ3) is 6.77. The number of likely N-dealkylation sites (N-methyl/N-ethyl adjacent to an activating group) is 1. The van der Waals surface area contributed by atoms with E-state index in [2.05, 4.69) is 27.5 Å². The van der Waals surface area contributed by atoms with Crippen molar-refractivity contribution in [3.05, 3.63) is 77.3 Å². The van der Waals surface area contributed by atoms with Gasteiger partial charge in [0.25, 0.3) is 5.91 Å². The monoisotopic (exact) mass is 555 g/mol. The summed E-state index contributed by atoms with van der Waals surface area (Å²) >= 11 is 0. The number of hydrogen-bond donors (Lipinski definition) is 1. The lowest BCUT2D eigenvalue weighted by Gasteiger charge is -2.19. The number of rotatable bonds is 12. The van der Waals surface area contributed by atoms with E-state index in [4.69, 9.17) is 9.72 Å². The van der Waals surface area contributed by atoms with Crippen LogP contribution in [0.4, 0.5) is 5.82 Å². The molecule has 0 spiro atoms. The Morgan fingerprint density at radius 2 is 1.76 bits per heavy atom. The van der Waals surface area contributed by atoms with Gasteiger partial charge in [-0.3, -0.25) is 9.69 Å². The second kappa shape index (κ2) is 13.6. The highest BCUT2D eigenvalue weighted by atomic mass is 16.5. The van der Waals surface area contributed by atoms with Crippen LogP contribution in [0, 0.1) is 0 Å². The molecule has 10 nitrogen and oxygen atoms in total. The molecule has 41 heavy (non-hydrogen) atoms. The van der Waals surface area contributed by atoms with Crippen LogP contribution in [0.2, 0.25) is 0 Å². The molecule has 4 aromatic rings. The van der Waals surface area contributed by atoms with Crippen molar-refractivity contribution in [2.45, 2.75) is 60.4 Å². The van der Waals surface area contributed by atoms with Gasteiger partial charge in [0.2, 0.25) is 5.82 Å². The summed E-state index contributed by atoms with van der Waals surface area (Å²) in [6.45, 7) is 10.5. The Labute approximate surface area is 240 Å². The zero-order valence-corrected chi connectivity index (χ0v) is 24.3. The predicted octanol–water partition coefficient (Wildman–Crippen LogP) is 5.62. The minimum Gasteiger partial charge on any atom is -0.461 e. The fourth-order valence-electron chi connectivity index (χ4n) is 4.68. The van der Waals surface area contributed by atoms with Crippen molar-refractivity contribution in [1.82, 2.24) is 30.2 Å². The minimum atomic E-state index is -0.494. The molecule has 2 heterocycles. The molecular formula is C31H37N7O3. The number of aryl methyl sites for hydroxylation is 1. The summed E-state index contributed by atoms with van der Waals surface area (Å²) < 4.78 is 7.38. The molecule has 0 unspecified atom stereocenters. The first-order chi connectivity index (χ1) is 19.9. The summed E-state index contributed by atoms with van der Waals surface area (Å²) in [6, 6.07) is 16.0. The lowest BCUT2D eigenvalue weighted by atomic mass is 9.98. The first-order valence-electron chi connectivity index (χ1n) is 14.0. The summed E-state index contributed by atoms with van der Waals surface area (Å²) in [5, 5.41) is 14.5. The summed E-state index contributed by atoms with van der Waals surface area (Å²) in [5.74, 6) is 0.907. The van der Waals surface area contributed by atoms with E-state index in [1.807, 2.05) is 73.9 Å². The van der Waals surface area contributed by atoms with Crippen molar-refractivity contribution < 1.29 is 14.3 Å². The molecule has 0 saturated carbocycles. The molecule has 0 saturated heterocycles. The van der Waals surface area contributed by atoms with Crippen LogP contribution >= 0.6 is 0 Å². The van der Waals surface area contributed by atoms with E-state index < -0.39 is 5.97 Å². The Morgan fingerprint density at radius 1 is 1.02 bits per heavy atom. The number of nitrogens with zero attached hydrogens (tertiary/aromatic N) is 6. The average molecular weight is 556 g/mol. The summed E-state index contributed by atoms with van der Waals surface area (Å²) in [4.78, 5) is 32.9. The maximum atomic E-state index is 13.4. The molecule has 2 aromatic carbocycles. The van der Waals surface area contributed by atoms with Crippen molar-refractivity contribution in [2.24, 2.45) is 0 Å². The van der Waals surface area contributed by atoms with Crippen LogP contribution in [0.5, 0.6) is 0 Å². The molecule has 0 fully saturated rings. The SMILES string of the molecule is CCCCc1nc(N(CC)C(=O)C=C(C)C)c(C(=O)OCC)n1Cc1ccc(-c2ccccc2-c2nn[nH]n2)cc1. The number of esters is 1. The van der Waals surface area contributed by atoms with E-state index in [1.165, 1.54) is 0 Å². The Hall–Kier alpha value is -4.60. The Balaban J connectivity index is 1.76. The van der Waals surface area contributed by atoms with Crippen LogP contribution in [0.3, 0.4) is 0 Å². The number of H-pyrrole nitrogens is 1. The molecule has 0 aliphatic heterocycles. The predicted molar refractivity (Wildman–Crippen MR) is 158 cm³/mol. The smallest absolute Gasteiger partial charge is 0.358 e. The molecule has 0 bridgehead atoms. The van der Waals surface area contributed by atoms with Crippen molar-refractivity contribution in [2.75, 3.05) is 18.1 Å². The first kappa shape index (κ1) is 29.4. The van der Waals surface area contributed by atoms with E-state index in [1.54, 1.807) is 17.9 Å². The number of imidazole rings is 1. The number of anilines is 1. The first-order valence-corrected chi connectivity index (χ1v) is 14.0. The minimum absolute atomic E-state index is 0.214. The van der Waals surface area contributed by atoms with Crippen molar-refractivity contribution >= 4 is 17.7 Å². The second-order valence-electron chi connectivity index (χ2n) is 9.89. The molecule has 0 radical (unpaired) electrons. The maximum absolute atomic E-state index is 13.4. The van der Waals surface area contributed by atoms with Gasteiger partial charge < -0.3 is 9.30 Å². The molecule has 0 aliphatic carbocycles. The molecule has 214 valence electrons. The van der Waals surface area contributed by atoms with Gasteiger partial charge in [-0.2, -0.15) is 5.21 Å². The van der Waals surface area contributed by atoms with Crippen LogP contribution in [0.15, 0.2) is 60.2 Å². The second-order valence-corrected chi connectivity index (χ2v) is 9.89. The maximum Gasteiger partial charge on any atom is 0.358 e. The molecule has 4 rings (SSSR count). The Kier molecular flexibility index (Phi) is 9.78. The number of tetrazole rings is 1. The summed E-state index contributed by atoms with van der Waals surface area (Å²) in [5.41, 5.74) is 5.01. The molecular weight excluding hydrogens is 518 g/mol. The van der Waals surface area contributed by atoms with Crippen LogP contribution in [-0.2, 0) is 22.5 Å². The number of carbonyl (C=O) groups excluding carboxylic acids is 2. The van der Waals surface area contributed by atoms with Gasteiger partial charge in [0.1, 0.15) is 5.82 Å². The molecule has 0 aliphatic rings. The van der Waals surface area contributed by atoms with Gasteiger partial charge in [0, 0.05) is 31.1 Å². The van der Waals surface area contributed by atoms with Gasteiger partial charge in [0.15, 0.2) is 11.5 Å². The molecule has 0 atom stereocenters. The Bertz CT molecular complexity index is 1500. The number of allylic oxidation sites excluding steroid dienone is 1. The lowest BCUT2D eigenvalue weighted by molar-refractivity contribution is -0.114. The highest BCUT2D eigenvalue weighted by Crippen LogP contribution is 2.31. The zero-order chi connectivity index (χ0) is 29.4. The van der Waals surface area contributed by atoms with E-state index in [0.29, 0.717) is 36.8 Å². The molecule has 1 N–H and O–H groups in total. The number of nitrogens with one attached hydrogen (secondary N) is 1. The topological polar surface area (TPSA) is 119 Å². The summed E-state index contributed by atoms with van der Waals surface area (Å²) in [7, 11) is 0. The van der Waals surface area contributed by atoms with Gasteiger partial charge in [-0.05, 0) is 56.0 Å². The van der Waals surface area contributed by atoms with Gasteiger partial charge in [-0.25, -0.2) is 9.78 Å². The fourth-order valence-corrected chi connectivity index (χ4v) is 4.68. The Morgan fingerprint density at radius 3 is 2.37 bits per heavy atom. The third-order valence-corrected chi connectivity index (χ3v) is 6.62. The van der Waals surface area contributed by atoms with Crippen molar-refractivity contribution in [1.29, 1.82) is 0 Å². The lowest BCUT2D eigenvalue weighted by Crippen LogP contribution is -2.31. The van der Waals surface area contributed by atoms with Crippen LogP contribution in [0.1, 0.15) is 69.3 Å². The van der Waals surface area contributed by atoms with Crippen molar-refractivity contribution in [3.63, 3.8) is 0 Å². The number of ether oxygens (including phenoxy) is 1. The van der Waals surface area contributed by atoms with Gasteiger partial charge in [0.05, 0.1) is 6.61 Å². The van der Waals surface area contributed by atoms with Crippen LogP contribution in [0.25, 0.3) is 22.5 Å². The molecule has 1 amide bonds. The summed E-state index contributed by atoms with van der Waals surface area (Å²) in [6.07, 6.45) is 4.11. The van der Waals surface area contributed by atoms with E-state index in [0.717, 1.165) is 46.5 Å². The quantitative estimate of drug-likeness (QED) is 0.178. The highest BCUT2D eigenvalue weighted by Gasteiger charge is 2.29. The standard InChI is InChI=1S/C31H37N7O3/c1-6-9-14-26-32-30(37(7-2)27(39)19-21(4)5)28(31(40)41-8-3)38(26)20-22-15-17-23(18-16-22)24-12-10-11-13-25(24)29-33-35-36-34-29/h10-13,15-19H,6-9,14,20H2,1-5H3,(H,33,34,35,36). The highest BCUT2D eigenvalue weighted by molar-refractivity contribution is 6.05. The number of unbranched alkanes of at least 4 members (excludes halogenated alkanes) is 1. The molecule has 10 heteroatoms. The third-order valence-electron chi connectivity index (χ3n) is 6.62. The fraction of sp³-hybridized carbons (Fsp3) is 0.355.